The number of fused-ring (bicyclic) bond motifs is 1. The summed E-state index contributed by atoms with van der Waals surface area (Å²) in [7, 11) is 0. The summed E-state index contributed by atoms with van der Waals surface area (Å²) in [6, 6.07) is 18.4. The molecule has 0 saturated carbocycles. The second-order valence-electron chi connectivity index (χ2n) is 4.55. The molecule has 3 rings (SSSR count). The lowest BCUT2D eigenvalue weighted by atomic mass is 10.2. The van der Waals surface area contributed by atoms with Crippen molar-refractivity contribution < 1.29 is 4.74 Å². The number of para-hydroxylation sites is 1. The molecule has 2 aromatic carbocycles. The lowest BCUT2D eigenvalue weighted by Gasteiger charge is -2.02. The third-order valence-electron chi connectivity index (χ3n) is 3.11. The van der Waals surface area contributed by atoms with Crippen LogP contribution in [-0.4, -0.2) is 9.78 Å². The Labute approximate surface area is 118 Å². The van der Waals surface area contributed by atoms with E-state index in [1.54, 1.807) is 6.26 Å². The Morgan fingerprint density at radius 1 is 1.05 bits per heavy atom. The van der Waals surface area contributed by atoms with E-state index in [2.05, 4.69) is 23.3 Å². The lowest BCUT2D eigenvalue weighted by Crippen LogP contribution is -2.01. The van der Waals surface area contributed by atoms with Crippen LogP contribution in [0.5, 0.6) is 5.88 Å². The molecule has 0 atom stereocenters. The van der Waals surface area contributed by atoms with Gasteiger partial charge in [-0.05, 0) is 24.6 Å². The van der Waals surface area contributed by atoms with E-state index >= 15 is 0 Å². The van der Waals surface area contributed by atoms with E-state index in [1.807, 2.05) is 54.1 Å². The van der Waals surface area contributed by atoms with Crippen LogP contribution in [0, 0.1) is 0 Å². The van der Waals surface area contributed by atoms with Gasteiger partial charge in [-0.3, -0.25) is 4.68 Å². The Morgan fingerprint density at radius 3 is 2.60 bits per heavy atom. The number of ether oxygens (including phenoxy) is 1. The molecule has 0 radical (unpaired) electrons. The van der Waals surface area contributed by atoms with E-state index in [1.165, 1.54) is 5.56 Å². The number of hydrogen-bond donors (Lipinski definition) is 0. The summed E-state index contributed by atoms with van der Waals surface area (Å²) in [6.07, 6.45) is 3.51. The van der Waals surface area contributed by atoms with Crippen molar-refractivity contribution in [1.82, 2.24) is 9.78 Å². The highest BCUT2D eigenvalue weighted by atomic mass is 16.5. The highest BCUT2D eigenvalue weighted by molar-refractivity contribution is 5.84. The number of benzene rings is 2. The average molecular weight is 264 g/mol. The highest BCUT2D eigenvalue weighted by Gasteiger charge is 2.10. The van der Waals surface area contributed by atoms with Crippen molar-refractivity contribution in [2.24, 2.45) is 0 Å². The van der Waals surface area contributed by atoms with E-state index in [0.29, 0.717) is 5.88 Å². The second-order valence-corrected chi connectivity index (χ2v) is 4.55. The number of allylic oxidation sites excluding steroid dienone is 1. The summed E-state index contributed by atoms with van der Waals surface area (Å²) in [4.78, 5) is 0. The first-order chi connectivity index (χ1) is 9.88. The van der Waals surface area contributed by atoms with Crippen LogP contribution in [0.25, 0.3) is 10.9 Å². The van der Waals surface area contributed by atoms with Crippen molar-refractivity contribution in [1.29, 1.82) is 0 Å². The van der Waals surface area contributed by atoms with Crippen molar-refractivity contribution in [2.75, 3.05) is 0 Å². The van der Waals surface area contributed by atoms with Crippen molar-refractivity contribution in [3.05, 3.63) is 72.5 Å². The van der Waals surface area contributed by atoms with Crippen molar-refractivity contribution in [2.45, 2.75) is 13.5 Å². The van der Waals surface area contributed by atoms with Gasteiger partial charge in [-0.2, -0.15) is 0 Å². The molecule has 3 aromatic rings. The minimum absolute atomic E-state index is 0.648. The van der Waals surface area contributed by atoms with Gasteiger partial charge in [0.25, 0.3) is 0 Å². The van der Waals surface area contributed by atoms with Crippen LogP contribution < -0.4 is 4.74 Å². The van der Waals surface area contributed by atoms with Gasteiger partial charge in [0.05, 0.1) is 23.7 Å². The quantitative estimate of drug-likeness (QED) is 0.666. The summed E-state index contributed by atoms with van der Waals surface area (Å²) in [5.41, 5.74) is 2.30. The maximum absolute atomic E-state index is 5.57. The van der Waals surface area contributed by atoms with E-state index in [0.717, 1.165) is 17.4 Å². The monoisotopic (exact) mass is 264 g/mol. The maximum Gasteiger partial charge on any atom is 0.245 e. The number of hydrogen-bond acceptors (Lipinski definition) is 2. The lowest BCUT2D eigenvalue weighted by molar-refractivity contribution is 0.453. The molecule has 0 aliphatic carbocycles. The van der Waals surface area contributed by atoms with Gasteiger partial charge in [-0.1, -0.05) is 48.5 Å². The molecule has 0 N–H and O–H groups in total. The molecular weight excluding hydrogens is 248 g/mol. The molecule has 1 aromatic heterocycles. The number of rotatable bonds is 4. The minimum Gasteiger partial charge on any atom is -0.445 e. The normalized spacial score (nSPS) is 11.2. The van der Waals surface area contributed by atoms with E-state index in [4.69, 9.17) is 4.74 Å². The van der Waals surface area contributed by atoms with Gasteiger partial charge in [0.1, 0.15) is 0 Å². The Hall–Kier alpha value is -2.55. The minimum atomic E-state index is 0.648. The molecule has 0 unspecified atom stereocenters. The van der Waals surface area contributed by atoms with Gasteiger partial charge in [0, 0.05) is 0 Å². The number of aromatic nitrogens is 2. The molecular formula is C17H16N2O. The molecule has 0 spiro atoms. The fourth-order valence-electron chi connectivity index (χ4n) is 2.19. The smallest absolute Gasteiger partial charge is 0.245 e. The van der Waals surface area contributed by atoms with E-state index in [9.17, 15) is 0 Å². The molecule has 1 heterocycles. The number of nitrogens with zero attached hydrogens (tertiary/aromatic N) is 2. The summed E-state index contributed by atoms with van der Waals surface area (Å²) in [6.45, 7) is 2.66. The van der Waals surface area contributed by atoms with Crippen molar-refractivity contribution in [3.8, 4) is 5.88 Å². The van der Waals surface area contributed by atoms with Crippen LogP contribution in [0.3, 0.4) is 0 Å². The molecule has 0 bridgehead atoms. The first kappa shape index (κ1) is 12.5. The molecule has 3 nitrogen and oxygen atoms in total. The molecule has 0 saturated heterocycles. The van der Waals surface area contributed by atoms with Gasteiger partial charge < -0.3 is 4.74 Å². The summed E-state index contributed by atoms with van der Waals surface area (Å²) in [5, 5.41) is 5.59. The van der Waals surface area contributed by atoms with E-state index < -0.39 is 0 Å². The van der Waals surface area contributed by atoms with Gasteiger partial charge in [-0.15, -0.1) is 5.10 Å². The van der Waals surface area contributed by atoms with Crippen molar-refractivity contribution >= 4 is 10.9 Å². The van der Waals surface area contributed by atoms with Crippen LogP contribution in [0.4, 0.5) is 0 Å². The highest BCUT2D eigenvalue weighted by Crippen LogP contribution is 2.25. The van der Waals surface area contributed by atoms with E-state index in [-0.39, 0.29) is 0 Å². The van der Waals surface area contributed by atoms with Gasteiger partial charge in [-0.25, -0.2) is 0 Å². The largest absolute Gasteiger partial charge is 0.445 e. The first-order valence-electron chi connectivity index (χ1n) is 6.66. The van der Waals surface area contributed by atoms with Crippen LogP contribution >= 0.6 is 0 Å². The van der Waals surface area contributed by atoms with Crippen LogP contribution in [0.15, 0.2) is 66.9 Å². The molecule has 100 valence electrons. The topological polar surface area (TPSA) is 27.1 Å². The standard InChI is InChI=1S/C17H16N2O/c1-2-12-20-17-15-10-6-7-11-16(15)19(18-17)13-14-8-4-3-5-9-14/h2-12H,13H2,1H3/b12-2-. The third-order valence-corrected chi connectivity index (χ3v) is 3.11. The Bertz CT molecular complexity index is 729. The zero-order valence-electron chi connectivity index (χ0n) is 11.4. The third kappa shape index (κ3) is 2.43. The molecule has 0 aliphatic heterocycles. The summed E-state index contributed by atoms with van der Waals surface area (Å²) >= 11 is 0. The predicted molar refractivity (Wildman–Crippen MR) is 80.7 cm³/mol. The van der Waals surface area contributed by atoms with Crippen LogP contribution in [0.2, 0.25) is 0 Å². The fraction of sp³-hybridized carbons (Fsp3) is 0.118. The zero-order valence-corrected chi connectivity index (χ0v) is 11.4. The first-order valence-corrected chi connectivity index (χ1v) is 6.66. The van der Waals surface area contributed by atoms with Crippen LogP contribution in [0.1, 0.15) is 12.5 Å². The van der Waals surface area contributed by atoms with Gasteiger partial charge in [0.2, 0.25) is 5.88 Å². The average Bonchev–Trinajstić information content (AvgIpc) is 2.85. The Balaban J connectivity index is 2.02. The second kappa shape index (κ2) is 5.61. The summed E-state index contributed by atoms with van der Waals surface area (Å²) in [5.74, 6) is 0.648. The predicted octanol–water partition coefficient (Wildman–Crippen LogP) is 4.00. The Kier molecular flexibility index (Phi) is 3.50. The molecule has 0 amide bonds. The van der Waals surface area contributed by atoms with Gasteiger partial charge in [0.15, 0.2) is 0 Å². The molecule has 3 heteroatoms. The SMILES string of the molecule is C/C=C\Oc1nn(Cc2ccccc2)c2ccccc12. The maximum atomic E-state index is 5.57. The molecule has 0 aliphatic rings. The fourth-order valence-corrected chi connectivity index (χ4v) is 2.19. The van der Waals surface area contributed by atoms with Crippen LogP contribution in [-0.2, 0) is 6.54 Å². The summed E-state index contributed by atoms with van der Waals surface area (Å²) < 4.78 is 7.55. The van der Waals surface area contributed by atoms with Gasteiger partial charge >= 0.3 is 0 Å². The molecule has 0 fully saturated rings. The zero-order chi connectivity index (χ0) is 13.8. The molecule has 20 heavy (non-hydrogen) atoms. The van der Waals surface area contributed by atoms with Crippen molar-refractivity contribution in [3.63, 3.8) is 0 Å². The Morgan fingerprint density at radius 2 is 1.80 bits per heavy atom.